The first-order chi connectivity index (χ1) is 6.61. The average Bonchev–Trinajstić information content (AvgIpc) is 2.56. The molecule has 2 aromatic rings. The molecule has 0 aliphatic heterocycles. The van der Waals surface area contributed by atoms with Crippen LogP contribution in [0, 0.1) is 6.92 Å². The van der Waals surface area contributed by atoms with Gasteiger partial charge in [-0.3, -0.25) is 4.79 Å². The normalized spacial score (nSPS) is 10.7. The minimum Gasteiger partial charge on any atom is -0.507 e. The number of phenols is 1. The molecule has 14 heavy (non-hydrogen) atoms. The van der Waals surface area contributed by atoms with Gasteiger partial charge < -0.3 is 5.11 Å². The van der Waals surface area contributed by atoms with E-state index in [0.717, 1.165) is 5.56 Å². The highest BCUT2D eigenvalue weighted by atomic mass is 16.3. The average molecular weight is 190 g/mol. The first kappa shape index (κ1) is 8.74. The zero-order chi connectivity index (χ0) is 10.3. The largest absolute Gasteiger partial charge is 0.507 e. The van der Waals surface area contributed by atoms with Crippen molar-refractivity contribution < 1.29 is 9.90 Å². The number of benzene rings is 1. The van der Waals surface area contributed by atoms with Crippen LogP contribution in [0.15, 0.2) is 18.3 Å². The maximum atomic E-state index is 11.2. The van der Waals surface area contributed by atoms with Gasteiger partial charge in [-0.05, 0) is 18.6 Å². The summed E-state index contributed by atoms with van der Waals surface area (Å²) in [5, 5.41) is 14.1. The van der Waals surface area contributed by atoms with Crippen LogP contribution in [0.3, 0.4) is 0 Å². The minimum atomic E-state index is -0.159. The van der Waals surface area contributed by atoms with E-state index < -0.39 is 0 Å². The molecule has 1 heterocycles. The van der Waals surface area contributed by atoms with Gasteiger partial charge in [0.25, 0.3) is 0 Å². The maximum Gasteiger partial charge on any atom is 0.244 e. The van der Waals surface area contributed by atoms with Crippen molar-refractivity contribution in [3.05, 3.63) is 23.9 Å². The summed E-state index contributed by atoms with van der Waals surface area (Å²) in [5.41, 5.74) is 1.60. The standard InChI is InChI=1S/C10H10N2O2/c1-6-3-4-9(14)8-5-11-12(7(2)13)10(6)8/h3-5,14H,1-2H3. The summed E-state index contributed by atoms with van der Waals surface area (Å²) in [6.45, 7) is 3.32. The van der Waals surface area contributed by atoms with E-state index in [0.29, 0.717) is 10.9 Å². The van der Waals surface area contributed by atoms with Gasteiger partial charge in [-0.2, -0.15) is 9.78 Å². The van der Waals surface area contributed by atoms with Crippen LogP contribution < -0.4 is 0 Å². The van der Waals surface area contributed by atoms with Crippen LogP contribution in [0.2, 0.25) is 0 Å². The van der Waals surface area contributed by atoms with Crippen molar-refractivity contribution in [3.63, 3.8) is 0 Å². The zero-order valence-corrected chi connectivity index (χ0v) is 7.98. The number of aromatic nitrogens is 2. The lowest BCUT2D eigenvalue weighted by atomic mass is 10.1. The van der Waals surface area contributed by atoms with Gasteiger partial charge in [0.15, 0.2) is 0 Å². The molecule has 0 atom stereocenters. The molecule has 0 bridgehead atoms. The van der Waals surface area contributed by atoms with Crippen molar-refractivity contribution in [3.8, 4) is 5.75 Å². The lowest BCUT2D eigenvalue weighted by molar-refractivity contribution is 0.0926. The third-order valence-corrected chi connectivity index (χ3v) is 2.21. The Morgan fingerprint density at radius 2 is 2.21 bits per heavy atom. The molecule has 72 valence electrons. The second-order valence-corrected chi connectivity index (χ2v) is 3.24. The molecule has 0 unspecified atom stereocenters. The van der Waals surface area contributed by atoms with E-state index in [-0.39, 0.29) is 11.7 Å². The van der Waals surface area contributed by atoms with E-state index in [1.54, 1.807) is 12.1 Å². The summed E-state index contributed by atoms with van der Waals surface area (Å²) in [6.07, 6.45) is 1.50. The Kier molecular flexibility index (Phi) is 1.77. The fourth-order valence-corrected chi connectivity index (χ4v) is 1.53. The smallest absolute Gasteiger partial charge is 0.244 e. The van der Waals surface area contributed by atoms with Gasteiger partial charge in [-0.25, -0.2) is 0 Å². The molecule has 4 nitrogen and oxygen atoms in total. The Bertz CT molecular complexity index is 514. The molecule has 0 saturated heterocycles. The van der Waals surface area contributed by atoms with Gasteiger partial charge in [-0.1, -0.05) is 6.07 Å². The molecule has 1 N–H and O–H groups in total. The van der Waals surface area contributed by atoms with Crippen molar-refractivity contribution in [2.75, 3.05) is 0 Å². The summed E-state index contributed by atoms with van der Waals surface area (Å²) in [5.74, 6) is -0.00759. The number of nitrogens with zero attached hydrogens (tertiary/aromatic N) is 2. The number of hydrogen-bond acceptors (Lipinski definition) is 3. The highest BCUT2D eigenvalue weighted by molar-refractivity contribution is 5.94. The van der Waals surface area contributed by atoms with Crippen molar-refractivity contribution >= 4 is 16.8 Å². The maximum absolute atomic E-state index is 11.2. The molecule has 0 amide bonds. The molecule has 0 spiro atoms. The molecule has 0 aliphatic carbocycles. The molecule has 2 rings (SSSR count). The fourth-order valence-electron chi connectivity index (χ4n) is 1.53. The molecule has 0 saturated carbocycles. The molecule has 1 aromatic heterocycles. The van der Waals surface area contributed by atoms with E-state index in [4.69, 9.17) is 0 Å². The van der Waals surface area contributed by atoms with Gasteiger partial charge in [0.1, 0.15) is 5.75 Å². The Hall–Kier alpha value is -1.84. The number of aryl methyl sites for hydroxylation is 1. The van der Waals surface area contributed by atoms with Gasteiger partial charge in [0.05, 0.1) is 17.1 Å². The van der Waals surface area contributed by atoms with Crippen molar-refractivity contribution in [2.45, 2.75) is 13.8 Å². The highest BCUT2D eigenvalue weighted by Gasteiger charge is 2.11. The van der Waals surface area contributed by atoms with Gasteiger partial charge >= 0.3 is 0 Å². The van der Waals surface area contributed by atoms with Crippen LogP contribution in [0.1, 0.15) is 17.3 Å². The van der Waals surface area contributed by atoms with Crippen molar-refractivity contribution in [1.82, 2.24) is 9.78 Å². The van der Waals surface area contributed by atoms with E-state index in [1.165, 1.54) is 17.8 Å². The summed E-state index contributed by atoms with van der Waals surface area (Å²) in [6, 6.07) is 3.36. The second-order valence-electron chi connectivity index (χ2n) is 3.24. The number of fused-ring (bicyclic) bond motifs is 1. The number of rotatable bonds is 0. The number of phenolic OH excluding ortho intramolecular Hbond substituents is 1. The second kappa shape index (κ2) is 2.83. The third kappa shape index (κ3) is 1.08. The molecule has 0 fully saturated rings. The molecular weight excluding hydrogens is 180 g/mol. The van der Waals surface area contributed by atoms with Gasteiger partial charge in [0.2, 0.25) is 5.91 Å². The summed E-state index contributed by atoms with van der Waals surface area (Å²) < 4.78 is 1.30. The lowest BCUT2D eigenvalue weighted by Crippen LogP contribution is -2.07. The van der Waals surface area contributed by atoms with Crippen LogP contribution in [0.5, 0.6) is 5.75 Å². The third-order valence-electron chi connectivity index (χ3n) is 2.21. The molecule has 4 heteroatoms. The van der Waals surface area contributed by atoms with Crippen LogP contribution in [-0.4, -0.2) is 20.8 Å². The summed E-state index contributed by atoms with van der Waals surface area (Å²) >= 11 is 0. The van der Waals surface area contributed by atoms with E-state index in [1.807, 2.05) is 6.92 Å². The molecular formula is C10H10N2O2. The highest BCUT2D eigenvalue weighted by Crippen LogP contribution is 2.26. The number of hydrogen-bond donors (Lipinski definition) is 1. The van der Waals surface area contributed by atoms with Crippen LogP contribution >= 0.6 is 0 Å². The topological polar surface area (TPSA) is 55.1 Å². The van der Waals surface area contributed by atoms with Crippen LogP contribution in [0.4, 0.5) is 0 Å². The Labute approximate surface area is 80.8 Å². The van der Waals surface area contributed by atoms with E-state index in [9.17, 15) is 9.90 Å². The number of carbonyl (C=O) groups is 1. The minimum absolute atomic E-state index is 0.151. The number of carbonyl (C=O) groups excluding carboxylic acids is 1. The predicted molar refractivity (Wildman–Crippen MR) is 52.4 cm³/mol. The van der Waals surface area contributed by atoms with E-state index in [2.05, 4.69) is 5.10 Å². The monoisotopic (exact) mass is 190 g/mol. The van der Waals surface area contributed by atoms with Gasteiger partial charge in [-0.15, -0.1) is 0 Å². The lowest BCUT2D eigenvalue weighted by Gasteiger charge is -2.01. The quantitative estimate of drug-likeness (QED) is 0.688. The summed E-state index contributed by atoms with van der Waals surface area (Å²) in [7, 11) is 0. The Morgan fingerprint density at radius 1 is 1.50 bits per heavy atom. The predicted octanol–water partition coefficient (Wildman–Crippen LogP) is 1.71. The Balaban J connectivity index is 2.90. The van der Waals surface area contributed by atoms with E-state index >= 15 is 0 Å². The first-order valence-electron chi connectivity index (χ1n) is 4.28. The summed E-state index contributed by atoms with van der Waals surface area (Å²) in [4.78, 5) is 11.2. The fraction of sp³-hybridized carbons (Fsp3) is 0.200. The van der Waals surface area contributed by atoms with Crippen LogP contribution in [-0.2, 0) is 0 Å². The molecule has 0 radical (unpaired) electrons. The van der Waals surface area contributed by atoms with Crippen LogP contribution in [0.25, 0.3) is 10.9 Å². The SMILES string of the molecule is CC(=O)n1ncc2c(O)ccc(C)c21. The first-order valence-corrected chi connectivity index (χ1v) is 4.28. The van der Waals surface area contributed by atoms with Gasteiger partial charge in [0, 0.05) is 6.92 Å². The Morgan fingerprint density at radius 3 is 2.86 bits per heavy atom. The zero-order valence-electron chi connectivity index (χ0n) is 7.98. The molecule has 0 aliphatic rings. The van der Waals surface area contributed by atoms with Crippen molar-refractivity contribution in [2.24, 2.45) is 0 Å². The van der Waals surface area contributed by atoms with Crippen molar-refractivity contribution in [1.29, 1.82) is 0 Å². The molecule has 1 aromatic carbocycles. The number of aromatic hydroxyl groups is 1.